The van der Waals surface area contributed by atoms with E-state index < -0.39 is 0 Å². The standard InChI is InChI=1S/C45H28N2O/c1-3-12-29(13-4-1)33-27-38(30-14-5-2-6-15-30)46-39(28-33)32-16-11-17-34(26-32)47-40-20-9-7-19-37(40)44-41(47)25-23-31-22-24-36-35-18-8-10-21-42(35)48-45(36)43(31)44/h1-28H. The van der Waals surface area contributed by atoms with E-state index in [1.54, 1.807) is 0 Å². The summed E-state index contributed by atoms with van der Waals surface area (Å²) in [5.74, 6) is 0. The number of fused-ring (bicyclic) bond motifs is 9. The highest BCUT2D eigenvalue weighted by atomic mass is 16.3. The van der Waals surface area contributed by atoms with Crippen molar-refractivity contribution in [2.45, 2.75) is 0 Å². The van der Waals surface area contributed by atoms with Gasteiger partial charge in [0.25, 0.3) is 0 Å². The molecule has 0 radical (unpaired) electrons. The van der Waals surface area contributed by atoms with Crippen LogP contribution in [0.3, 0.4) is 0 Å². The number of rotatable bonds is 4. The summed E-state index contributed by atoms with van der Waals surface area (Å²) < 4.78 is 8.98. The lowest BCUT2D eigenvalue weighted by atomic mass is 10.00. The number of furan rings is 1. The van der Waals surface area contributed by atoms with Crippen LogP contribution in [0.15, 0.2) is 174 Å². The van der Waals surface area contributed by atoms with Gasteiger partial charge >= 0.3 is 0 Å². The van der Waals surface area contributed by atoms with E-state index in [2.05, 4.69) is 162 Å². The molecule has 0 atom stereocenters. The predicted octanol–water partition coefficient (Wildman–Crippen LogP) is 12.2. The van der Waals surface area contributed by atoms with Gasteiger partial charge in [-0.05, 0) is 65.0 Å². The van der Waals surface area contributed by atoms with Gasteiger partial charge in [0.2, 0.25) is 0 Å². The average Bonchev–Trinajstić information content (AvgIpc) is 3.71. The minimum absolute atomic E-state index is 0.911. The predicted molar refractivity (Wildman–Crippen MR) is 200 cm³/mol. The molecule has 0 aliphatic rings. The monoisotopic (exact) mass is 612 g/mol. The van der Waals surface area contributed by atoms with Gasteiger partial charge in [-0.3, -0.25) is 0 Å². The first kappa shape index (κ1) is 26.7. The first-order valence-electron chi connectivity index (χ1n) is 16.3. The largest absolute Gasteiger partial charge is 0.455 e. The van der Waals surface area contributed by atoms with Crippen LogP contribution in [0.4, 0.5) is 0 Å². The van der Waals surface area contributed by atoms with Crippen LogP contribution in [0.5, 0.6) is 0 Å². The van der Waals surface area contributed by atoms with Crippen LogP contribution in [-0.4, -0.2) is 9.55 Å². The Bertz CT molecular complexity index is 2770. The van der Waals surface area contributed by atoms with Crippen LogP contribution in [0.1, 0.15) is 0 Å². The smallest absolute Gasteiger partial charge is 0.143 e. The second kappa shape index (κ2) is 10.5. The SMILES string of the molecule is c1ccc(-c2cc(-c3ccccc3)nc(-c3cccc(-n4c5ccccc5c5c6c(ccc7c8ccccc8oc76)ccc54)c3)c2)cc1. The van der Waals surface area contributed by atoms with Crippen LogP contribution in [0.2, 0.25) is 0 Å². The Morgan fingerprint density at radius 1 is 0.417 bits per heavy atom. The van der Waals surface area contributed by atoms with Crippen molar-refractivity contribution in [1.82, 2.24) is 9.55 Å². The molecule has 3 aromatic heterocycles. The molecule has 10 rings (SSSR count). The summed E-state index contributed by atoms with van der Waals surface area (Å²) in [7, 11) is 0. The molecule has 0 saturated heterocycles. The molecule has 0 N–H and O–H groups in total. The summed E-state index contributed by atoms with van der Waals surface area (Å²) in [5, 5.41) is 7.00. The van der Waals surface area contributed by atoms with Crippen molar-refractivity contribution in [2.24, 2.45) is 0 Å². The lowest BCUT2D eigenvalue weighted by Crippen LogP contribution is -1.96. The maximum absolute atomic E-state index is 6.59. The first-order valence-corrected chi connectivity index (χ1v) is 16.3. The molecular formula is C45H28N2O. The van der Waals surface area contributed by atoms with E-state index in [1.807, 2.05) is 12.1 Å². The Morgan fingerprint density at radius 2 is 1.08 bits per heavy atom. The molecule has 0 bridgehead atoms. The Labute approximate surface area is 277 Å². The Hall–Kier alpha value is -6.45. The number of para-hydroxylation sites is 2. The molecule has 3 heteroatoms. The third kappa shape index (κ3) is 4.11. The fourth-order valence-corrected chi connectivity index (χ4v) is 7.36. The van der Waals surface area contributed by atoms with E-state index in [9.17, 15) is 0 Å². The number of aromatic nitrogens is 2. The molecule has 10 aromatic rings. The minimum atomic E-state index is 0.911. The van der Waals surface area contributed by atoms with E-state index in [4.69, 9.17) is 9.40 Å². The van der Waals surface area contributed by atoms with Crippen LogP contribution in [0, 0.1) is 0 Å². The normalized spacial score (nSPS) is 11.8. The van der Waals surface area contributed by atoms with E-state index in [1.165, 1.54) is 21.7 Å². The topological polar surface area (TPSA) is 31.0 Å². The summed E-state index contributed by atoms with van der Waals surface area (Å²) in [6, 6.07) is 60.0. The molecule has 48 heavy (non-hydrogen) atoms. The van der Waals surface area contributed by atoms with Gasteiger partial charge < -0.3 is 8.98 Å². The number of nitrogens with zero attached hydrogens (tertiary/aromatic N) is 2. The molecule has 3 nitrogen and oxygen atoms in total. The highest BCUT2D eigenvalue weighted by molar-refractivity contribution is 6.29. The third-order valence-electron chi connectivity index (χ3n) is 9.56. The molecule has 0 aliphatic carbocycles. The first-order chi connectivity index (χ1) is 23.8. The Morgan fingerprint density at radius 3 is 1.92 bits per heavy atom. The second-order valence-electron chi connectivity index (χ2n) is 12.4. The van der Waals surface area contributed by atoms with Gasteiger partial charge in [-0.15, -0.1) is 0 Å². The number of hydrogen-bond acceptors (Lipinski definition) is 2. The quantitative estimate of drug-likeness (QED) is 0.198. The number of benzene rings is 7. The zero-order valence-electron chi connectivity index (χ0n) is 26.0. The summed E-state index contributed by atoms with van der Waals surface area (Å²) in [5.41, 5.74) is 11.6. The molecular weight excluding hydrogens is 585 g/mol. The van der Waals surface area contributed by atoms with Gasteiger partial charge in [0, 0.05) is 43.7 Å². The molecule has 0 unspecified atom stereocenters. The molecule has 7 aromatic carbocycles. The van der Waals surface area contributed by atoms with Gasteiger partial charge in [0.1, 0.15) is 11.2 Å². The van der Waals surface area contributed by atoms with Gasteiger partial charge in [-0.25, -0.2) is 4.98 Å². The van der Waals surface area contributed by atoms with Gasteiger partial charge in [-0.1, -0.05) is 121 Å². The summed E-state index contributed by atoms with van der Waals surface area (Å²) in [6.07, 6.45) is 0. The molecule has 0 saturated carbocycles. The van der Waals surface area contributed by atoms with Crippen molar-refractivity contribution in [3.63, 3.8) is 0 Å². The number of hydrogen-bond donors (Lipinski definition) is 0. The minimum Gasteiger partial charge on any atom is -0.455 e. The Balaban J connectivity index is 1.22. The molecule has 3 heterocycles. The van der Waals surface area contributed by atoms with Crippen LogP contribution >= 0.6 is 0 Å². The van der Waals surface area contributed by atoms with Crippen LogP contribution < -0.4 is 0 Å². The van der Waals surface area contributed by atoms with Crippen molar-refractivity contribution in [2.75, 3.05) is 0 Å². The highest BCUT2D eigenvalue weighted by Gasteiger charge is 2.19. The zero-order chi connectivity index (χ0) is 31.6. The molecule has 224 valence electrons. The van der Waals surface area contributed by atoms with E-state index in [-0.39, 0.29) is 0 Å². The maximum atomic E-state index is 6.59. The van der Waals surface area contributed by atoms with Crippen LogP contribution in [-0.2, 0) is 0 Å². The lowest BCUT2D eigenvalue weighted by molar-refractivity contribution is 0.673. The summed E-state index contributed by atoms with van der Waals surface area (Å²) in [6.45, 7) is 0. The molecule has 0 fully saturated rings. The van der Waals surface area contributed by atoms with Crippen molar-refractivity contribution >= 4 is 54.5 Å². The molecule has 0 aliphatic heterocycles. The lowest BCUT2D eigenvalue weighted by Gasteiger charge is -2.13. The van der Waals surface area contributed by atoms with Gasteiger partial charge in [0.05, 0.1) is 22.4 Å². The van der Waals surface area contributed by atoms with Crippen molar-refractivity contribution in [1.29, 1.82) is 0 Å². The fourth-order valence-electron chi connectivity index (χ4n) is 7.36. The summed E-state index contributed by atoms with van der Waals surface area (Å²) in [4.78, 5) is 5.22. The summed E-state index contributed by atoms with van der Waals surface area (Å²) >= 11 is 0. The fraction of sp³-hybridized carbons (Fsp3) is 0. The average molecular weight is 613 g/mol. The zero-order valence-corrected chi connectivity index (χ0v) is 26.0. The second-order valence-corrected chi connectivity index (χ2v) is 12.4. The van der Waals surface area contributed by atoms with Crippen molar-refractivity contribution < 1.29 is 4.42 Å². The highest BCUT2D eigenvalue weighted by Crippen LogP contribution is 2.42. The maximum Gasteiger partial charge on any atom is 0.143 e. The van der Waals surface area contributed by atoms with E-state index in [0.29, 0.717) is 0 Å². The number of pyridine rings is 1. The van der Waals surface area contributed by atoms with Gasteiger partial charge in [0.15, 0.2) is 0 Å². The van der Waals surface area contributed by atoms with Crippen molar-refractivity contribution in [3.8, 4) is 39.3 Å². The van der Waals surface area contributed by atoms with Gasteiger partial charge in [-0.2, -0.15) is 0 Å². The van der Waals surface area contributed by atoms with Crippen molar-refractivity contribution in [3.05, 3.63) is 170 Å². The third-order valence-corrected chi connectivity index (χ3v) is 9.56. The van der Waals surface area contributed by atoms with E-state index in [0.717, 1.165) is 72.1 Å². The van der Waals surface area contributed by atoms with E-state index >= 15 is 0 Å². The Kier molecular flexibility index (Phi) is 5.87. The molecule has 0 spiro atoms. The van der Waals surface area contributed by atoms with Crippen LogP contribution in [0.25, 0.3) is 93.8 Å². The molecule has 0 amide bonds.